The van der Waals surface area contributed by atoms with Gasteiger partial charge in [0.2, 0.25) is 15.9 Å². The van der Waals surface area contributed by atoms with Crippen LogP contribution in [0.3, 0.4) is 0 Å². The maximum absolute atomic E-state index is 12.7. The van der Waals surface area contributed by atoms with Crippen LogP contribution in [0.25, 0.3) is 0 Å². The normalized spacial score (nSPS) is 16.2. The SMILES string of the molecule is O=C(Nc1ccccc1Br)C1CCN(S(=O)(=O)Cc2cccc(Cl)c2)CC1. The van der Waals surface area contributed by atoms with Crippen molar-refractivity contribution in [3.63, 3.8) is 0 Å². The quantitative estimate of drug-likeness (QED) is 0.708. The van der Waals surface area contributed by atoms with Crippen molar-refractivity contribution in [1.82, 2.24) is 4.31 Å². The highest BCUT2D eigenvalue weighted by Crippen LogP contribution is 2.26. The van der Waals surface area contributed by atoms with Crippen molar-refractivity contribution in [2.45, 2.75) is 18.6 Å². The standard InChI is InChI=1S/C19H20BrClN2O3S/c20-17-6-1-2-7-18(17)22-19(24)15-8-10-23(11-9-15)27(25,26)13-14-4-3-5-16(21)12-14/h1-7,12,15H,8-11,13H2,(H,22,24). The summed E-state index contributed by atoms with van der Waals surface area (Å²) in [5.41, 5.74) is 1.38. The van der Waals surface area contributed by atoms with E-state index >= 15 is 0 Å². The van der Waals surface area contributed by atoms with Gasteiger partial charge in [-0.2, -0.15) is 0 Å². The summed E-state index contributed by atoms with van der Waals surface area (Å²) in [6.45, 7) is 0.688. The third kappa shape index (κ3) is 5.31. The Hall–Kier alpha value is -1.41. The molecule has 1 amide bonds. The van der Waals surface area contributed by atoms with Crippen LogP contribution in [0.1, 0.15) is 18.4 Å². The molecule has 0 bridgehead atoms. The lowest BCUT2D eigenvalue weighted by Gasteiger charge is -2.30. The van der Waals surface area contributed by atoms with Crippen molar-refractivity contribution >= 4 is 49.1 Å². The molecule has 0 saturated carbocycles. The topological polar surface area (TPSA) is 66.5 Å². The Morgan fingerprint density at radius 1 is 1.15 bits per heavy atom. The number of anilines is 1. The molecular weight excluding hydrogens is 452 g/mol. The first-order valence-corrected chi connectivity index (χ1v) is 11.4. The predicted molar refractivity (Wildman–Crippen MR) is 111 cm³/mol. The van der Waals surface area contributed by atoms with Gasteiger partial charge >= 0.3 is 0 Å². The molecule has 1 heterocycles. The second kappa shape index (κ2) is 8.73. The van der Waals surface area contributed by atoms with E-state index < -0.39 is 10.0 Å². The van der Waals surface area contributed by atoms with Crippen LogP contribution >= 0.6 is 27.5 Å². The average Bonchev–Trinajstić information content (AvgIpc) is 2.63. The Kier molecular flexibility index (Phi) is 6.57. The van der Waals surface area contributed by atoms with Crippen LogP contribution in [-0.2, 0) is 20.6 Å². The molecule has 8 heteroatoms. The van der Waals surface area contributed by atoms with Crippen molar-refractivity contribution in [3.05, 3.63) is 63.6 Å². The van der Waals surface area contributed by atoms with E-state index in [1.807, 2.05) is 24.3 Å². The highest BCUT2D eigenvalue weighted by atomic mass is 79.9. The third-order valence-electron chi connectivity index (χ3n) is 4.59. The first-order chi connectivity index (χ1) is 12.8. The first kappa shape index (κ1) is 20.3. The number of nitrogens with zero attached hydrogens (tertiary/aromatic N) is 1. The fraction of sp³-hybridized carbons (Fsp3) is 0.316. The lowest BCUT2D eigenvalue weighted by atomic mass is 9.97. The maximum atomic E-state index is 12.7. The van der Waals surface area contributed by atoms with Gasteiger partial charge in [0, 0.05) is 28.5 Å². The Morgan fingerprint density at radius 3 is 2.52 bits per heavy atom. The van der Waals surface area contributed by atoms with Crippen molar-refractivity contribution in [2.75, 3.05) is 18.4 Å². The molecule has 0 unspecified atom stereocenters. The van der Waals surface area contributed by atoms with Gasteiger partial charge in [0.15, 0.2) is 0 Å². The van der Waals surface area contributed by atoms with Crippen LogP contribution in [0.2, 0.25) is 5.02 Å². The number of carbonyl (C=O) groups is 1. The molecule has 0 aliphatic carbocycles. The van der Waals surface area contributed by atoms with E-state index in [-0.39, 0.29) is 17.6 Å². The van der Waals surface area contributed by atoms with Crippen molar-refractivity contribution < 1.29 is 13.2 Å². The molecule has 27 heavy (non-hydrogen) atoms. The molecule has 2 aromatic carbocycles. The van der Waals surface area contributed by atoms with E-state index in [1.165, 1.54) is 4.31 Å². The summed E-state index contributed by atoms with van der Waals surface area (Å²) in [7, 11) is -3.43. The number of benzene rings is 2. The molecule has 1 aliphatic heterocycles. The molecule has 1 saturated heterocycles. The number of piperidine rings is 1. The van der Waals surface area contributed by atoms with Crippen LogP contribution in [0, 0.1) is 5.92 Å². The molecule has 1 N–H and O–H groups in total. The Bertz CT molecular complexity index is 928. The van der Waals surface area contributed by atoms with Crippen LogP contribution < -0.4 is 5.32 Å². The van der Waals surface area contributed by atoms with Crippen molar-refractivity contribution in [1.29, 1.82) is 0 Å². The van der Waals surface area contributed by atoms with Gasteiger partial charge < -0.3 is 5.32 Å². The largest absolute Gasteiger partial charge is 0.325 e. The summed E-state index contributed by atoms with van der Waals surface area (Å²) < 4.78 is 27.6. The van der Waals surface area contributed by atoms with Gasteiger partial charge in [0.1, 0.15) is 0 Å². The van der Waals surface area contributed by atoms with Gasteiger partial charge in [0.25, 0.3) is 0 Å². The smallest absolute Gasteiger partial charge is 0.227 e. The molecule has 5 nitrogen and oxygen atoms in total. The fourth-order valence-electron chi connectivity index (χ4n) is 3.12. The molecular formula is C19H20BrClN2O3S. The number of para-hydroxylation sites is 1. The number of hydrogen-bond donors (Lipinski definition) is 1. The zero-order chi connectivity index (χ0) is 19.4. The number of amides is 1. The highest BCUT2D eigenvalue weighted by Gasteiger charge is 2.31. The Balaban J connectivity index is 1.58. The van der Waals surface area contributed by atoms with E-state index in [0.717, 1.165) is 10.2 Å². The van der Waals surface area contributed by atoms with E-state index in [4.69, 9.17) is 11.6 Å². The Morgan fingerprint density at radius 2 is 1.85 bits per heavy atom. The molecule has 0 spiro atoms. The minimum Gasteiger partial charge on any atom is -0.325 e. The number of carbonyl (C=O) groups excluding carboxylic acids is 1. The van der Waals surface area contributed by atoms with E-state index in [2.05, 4.69) is 21.2 Å². The van der Waals surface area contributed by atoms with Gasteiger partial charge in [-0.15, -0.1) is 0 Å². The second-order valence-corrected chi connectivity index (χ2v) is 9.79. The predicted octanol–water partition coefficient (Wildman–Crippen LogP) is 4.28. The summed E-state index contributed by atoms with van der Waals surface area (Å²) in [6.07, 6.45) is 1.01. The zero-order valence-corrected chi connectivity index (χ0v) is 17.7. The number of sulfonamides is 1. The van der Waals surface area contributed by atoms with Gasteiger partial charge in [-0.05, 0) is 58.6 Å². The monoisotopic (exact) mass is 470 g/mol. The molecule has 144 valence electrons. The minimum absolute atomic E-state index is 0.0752. The number of halogens is 2. The molecule has 3 rings (SSSR count). The average molecular weight is 472 g/mol. The van der Waals surface area contributed by atoms with Gasteiger partial charge in [-0.25, -0.2) is 12.7 Å². The van der Waals surface area contributed by atoms with Crippen LogP contribution in [0.4, 0.5) is 5.69 Å². The minimum atomic E-state index is -3.43. The van der Waals surface area contributed by atoms with E-state index in [0.29, 0.717) is 36.5 Å². The zero-order valence-electron chi connectivity index (χ0n) is 14.6. The lowest BCUT2D eigenvalue weighted by molar-refractivity contribution is -0.120. The summed E-state index contributed by atoms with van der Waals surface area (Å²) in [5.74, 6) is -0.356. The molecule has 2 aromatic rings. The lowest BCUT2D eigenvalue weighted by Crippen LogP contribution is -2.41. The summed E-state index contributed by atoms with van der Waals surface area (Å²) in [6, 6.07) is 14.3. The van der Waals surface area contributed by atoms with Crippen LogP contribution in [0.5, 0.6) is 0 Å². The second-order valence-electron chi connectivity index (χ2n) is 6.53. The van der Waals surface area contributed by atoms with Gasteiger partial charge in [0.05, 0.1) is 11.4 Å². The highest BCUT2D eigenvalue weighted by molar-refractivity contribution is 9.10. The molecule has 0 aromatic heterocycles. The first-order valence-electron chi connectivity index (χ1n) is 8.63. The van der Waals surface area contributed by atoms with Crippen LogP contribution in [0.15, 0.2) is 53.0 Å². The molecule has 0 atom stereocenters. The third-order valence-corrected chi connectivity index (χ3v) is 7.36. The van der Waals surface area contributed by atoms with Crippen LogP contribution in [-0.4, -0.2) is 31.7 Å². The van der Waals surface area contributed by atoms with Crippen molar-refractivity contribution in [2.24, 2.45) is 5.92 Å². The maximum Gasteiger partial charge on any atom is 0.227 e. The molecule has 0 radical (unpaired) electrons. The Labute approximate surface area is 172 Å². The molecule has 1 aliphatic rings. The van der Waals surface area contributed by atoms with E-state index in [1.54, 1.807) is 24.3 Å². The summed E-state index contributed by atoms with van der Waals surface area (Å²) >= 11 is 9.34. The summed E-state index contributed by atoms with van der Waals surface area (Å²) in [4.78, 5) is 12.5. The summed E-state index contributed by atoms with van der Waals surface area (Å²) in [5, 5.41) is 3.43. The number of rotatable bonds is 5. The van der Waals surface area contributed by atoms with Gasteiger partial charge in [-0.1, -0.05) is 35.9 Å². The van der Waals surface area contributed by atoms with Gasteiger partial charge in [-0.3, -0.25) is 4.79 Å². The number of nitrogens with one attached hydrogen (secondary N) is 1. The molecule has 1 fully saturated rings. The van der Waals surface area contributed by atoms with E-state index in [9.17, 15) is 13.2 Å². The van der Waals surface area contributed by atoms with Crippen molar-refractivity contribution in [3.8, 4) is 0 Å². The fourth-order valence-corrected chi connectivity index (χ4v) is 5.27. The number of hydrogen-bond acceptors (Lipinski definition) is 3.